The van der Waals surface area contributed by atoms with Crippen LogP contribution in [0.4, 0.5) is 10.1 Å². The summed E-state index contributed by atoms with van der Waals surface area (Å²) in [6, 6.07) is 5.05. The second kappa shape index (κ2) is 3.83. The van der Waals surface area contributed by atoms with E-state index in [-0.39, 0.29) is 12.5 Å². The Labute approximate surface area is 102 Å². The van der Waals surface area contributed by atoms with E-state index >= 15 is 0 Å². The number of rotatable bonds is 1. The Morgan fingerprint density at radius 3 is 3.00 bits per heavy atom. The van der Waals surface area contributed by atoms with E-state index in [9.17, 15) is 9.18 Å². The number of nitrogens with zero attached hydrogens (tertiary/aromatic N) is 1. The van der Waals surface area contributed by atoms with Gasteiger partial charge in [0.1, 0.15) is 17.3 Å². The lowest BCUT2D eigenvalue weighted by molar-refractivity contribution is -0.118. The lowest BCUT2D eigenvalue weighted by atomic mass is 10.1. The van der Waals surface area contributed by atoms with Gasteiger partial charge < -0.3 is 15.0 Å². The van der Waals surface area contributed by atoms with Crippen molar-refractivity contribution in [3.63, 3.8) is 0 Å². The van der Waals surface area contributed by atoms with Crippen molar-refractivity contribution in [2.75, 3.05) is 11.9 Å². The van der Waals surface area contributed by atoms with Gasteiger partial charge in [0, 0.05) is 5.56 Å². The molecule has 0 aliphatic carbocycles. The molecule has 0 radical (unpaired) electrons. The Morgan fingerprint density at radius 2 is 2.28 bits per heavy atom. The maximum Gasteiger partial charge on any atom is 0.262 e. The van der Waals surface area contributed by atoms with Crippen LogP contribution in [-0.2, 0) is 4.79 Å². The highest BCUT2D eigenvalue weighted by molar-refractivity contribution is 5.95. The van der Waals surface area contributed by atoms with Crippen LogP contribution in [0.25, 0.3) is 11.3 Å². The number of H-pyrrole nitrogens is 1. The van der Waals surface area contributed by atoms with Gasteiger partial charge in [-0.15, -0.1) is 0 Å². The van der Waals surface area contributed by atoms with Gasteiger partial charge in [-0.1, -0.05) is 6.07 Å². The number of nitrogens with one attached hydrogen (secondary N) is 2. The molecule has 0 saturated carbocycles. The van der Waals surface area contributed by atoms with E-state index in [1.165, 1.54) is 0 Å². The summed E-state index contributed by atoms with van der Waals surface area (Å²) in [5, 5.41) is 2.67. The van der Waals surface area contributed by atoms with E-state index in [1.54, 1.807) is 25.1 Å². The van der Waals surface area contributed by atoms with Crippen LogP contribution in [-0.4, -0.2) is 22.5 Å². The average molecular weight is 247 g/mol. The first-order chi connectivity index (χ1) is 8.63. The Bertz CT molecular complexity index is 636. The molecule has 2 aromatic rings. The van der Waals surface area contributed by atoms with Crippen LogP contribution in [0.15, 0.2) is 18.2 Å². The van der Waals surface area contributed by atoms with Crippen molar-refractivity contribution < 1.29 is 13.9 Å². The van der Waals surface area contributed by atoms with Crippen LogP contribution < -0.4 is 10.1 Å². The summed E-state index contributed by atoms with van der Waals surface area (Å²) in [6.45, 7) is 1.66. The van der Waals surface area contributed by atoms with Gasteiger partial charge in [0.05, 0.1) is 5.69 Å². The van der Waals surface area contributed by atoms with Gasteiger partial charge in [0.25, 0.3) is 5.91 Å². The molecule has 0 atom stereocenters. The molecule has 1 aromatic heterocycles. The minimum Gasteiger partial charge on any atom is -0.482 e. The van der Waals surface area contributed by atoms with Gasteiger partial charge in [-0.2, -0.15) is 4.39 Å². The molecular weight excluding hydrogens is 237 g/mol. The van der Waals surface area contributed by atoms with E-state index in [0.29, 0.717) is 28.5 Å². The molecule has 92 valence electrons. The summed E-state index contributed by atoms with van der Waals surface area (Å²) in [4.78, 5) is 17.7. The third kappa shape index (κ3) is 1.71. The molecule has 0 saturated heterocycles. The highest BCUT2D eigenvalue weighted by atomic mass is 19.1. The van der Waals surface area contributed by atoms with Gasteiger partial charge >= 0.3 is 0 Å². The molecule has 1 amide bonds. The molecule has 3 rings (SSSR count). The molecule has 0 fully saturated rings. The molecule has 1 aromatic carbocycles. The monoisotopic (exact) mass is 247 g/mol. The number of benzene rings is 1. The average Bonchev–Trinajstić information content (AvgIpc) is 2.68. The minimum atomic E-state index is -0.549. The van der Waals surface area contributed by atoms with Crippen molar-refractivity contribution >= 4 is 11.6 Å². The van der Waals surface area contributed by atoms with Crippen molar-refractivity contribution in [1.82, 2.24) is 9.97 Å². The summed E-state index contributed by atoms with van der Waals surface area (Å²) in [5.74, 6) is 0.291. The Hall–Kier alpha value is -2.37. The number of carbonyl (C=O) groups is 1. The number of hydrogen-bond acceptors (Lipinski definition) is 3. The van der Waals surface area contributed by atoms with Crippen LogP contribution in [0.2, 0.25) is 0 Å². The van der Waals surface area contributed by atoms with Crippen LogP contribution in [0.3, 0.4) is 0 Å². The first kappa shape index (κ1) is 10.8. The molecule has 18 heavy (non-hydrogen) atoms. The molecule has 0 unspecified atom stereocenters. The van der Waals surface area contributed by atoms with Crippen LogP contribution in [0.5, 0.6) is 5.75 Å². The van der Waals surface area contributed by atoms with Crippen LogP contribution >= 0.6 is 0 Å². The lowest BCUT2D eigenvalue weighted by Gasteiger charge is -2.18. The highest BCUT2D eigenvalue weighted by Crippen LogP contribution is 2.32. The predicted molar refractivity (Wildman–Crippen MR) is 62.8 cm³/mol. The third-order valence-corrected chi connectivity index (χ3v) is 2.68. The number of imidazole rings is 1. The number of carbonyl (C=O) groups excluding carboxylic acids is 1. The largest absolute Gasteiger partial charge is 0.482 e. The number of aryl methyl sites for hydroxylation is 1. The molecule has 2 heterocycles. The van der Waals surface area contributed by atoms with Crippen LogP contribution in [0, 0.1) is 12.9 Å². The molecule has 0 spiro atoms. The third-order valence-electron chi connectivity index (χ3n) is 2.68. The van der Waals surface area contributed by atoms with Gasteiger partial charge in [0.2, 0.25) is 5.95 Å². The van der Waals surface area contributed by atoms with Gasteiger partial charge in [-0.05, 0) is 19.1 Å². The SMILES string of the molecule is Cc1nc(F)c(-c2ccc3c(c2)OCC(=O)N3)[nH]1. The summed E-state index contributed by atoms with van der Waals surface area (Å²) in [5.41, 5.74) is 1.53. The van der Waals surface area contributed by atoms with Crippen molar-refractivity contribution in [1.29, 1.82) is 0 Å². The predicted octanol–water partition coefficient (Wildman–Crippen LogP) is 1.86. The first-order valence-corrected chi connectivity index (χ1v) is 5.42. The summed E-state index contributed by atoms with van der Waals surface area (Å²) < 4.78 is 18.8. The molecule has 0 bridgehead atoms. The summed E-state index contributed by atoms with van der Waals surface area (Å²) >= 11 is 0. The minimum absolute atomic E-state index is 0.0268. The van der Waals surface area contributed by atoms with E-state index in [4.69, 9.17) is 4.74 Å². The fourth-order valence-corrected chi connectivity index (χ4v) is 1.88. The fourth-order valence-electron chi connectivity index (χ4n) is 1.88. The quantitative estimate of drug-likeness (QED) is 0.808. The zero-order valence-corrected chi connectivity index (χ0v) is 9.58. The van der Waals surface area contributed by atoms with Crippen molar-refractivity contribution in [2.24, 2.45) is 0 Å². The maximum atomic E-state index is 13.5. The Balaban J connectivity index is 2.05. The summed E-state index contributed by atoms with van der Waals surface area (Å²) in [7, 11) is 0. The number of fused-ring (bicyclic) bond motifs is 1. The number of ether oxygens (including phenoxy) is 1. The fraction of sp³-hybridized carbons (Fsp3) is 0.167. The number of hydrogen-bond donors (Lipinski definition) is 2. The summed E-state index contributed by atoms with van der Waals surface area (Å²) in [6.07, 6.45) is 0. The molecule has 5 nitrogen and oxygen atoms in total. The lowest BCUT2D eigenvalue weighted by Crippen LogP contribution is -2.25. The topological polar surface area (TPSA) is 67.0 Å². The second-order valence-corrected chi connectivity index (χ2v) is 4.04. The molecule has 1 aliphatic rings. The normalized spacial score (nSPS) is 13.8. The van der Waals surface area contributed by atoms with Crippen LogP contribution in [0.1, 0.15) is 5.82 Å². The standard InChI is InChI=1S/C12H10FN3O2/c1-6-14-11(12(13)15-6)7-2-3-8-9(4-7)18-5-10(17)16-8/h2-4H,5H2,1H3,(H,14,15)(H,16,17). The van der Waals surface area contributed by atoms with Crippen molar-refractivity contribution in [3.05, 3.63) is 30.0 Å². The highest BCUT2D eigenvalue weighted by Gasteiger charge is 2.18. The Kier molecular flexibility index (Phi) is 2.29. The molecule has 2 N–H and O–H groups in total. The smallest absolute Gasteiger partial charge is 0.262 e. The van der Waals surface area contributed by atoms with E-state index in [0.717, 1.165) is 0 Å². The number of anilines is 1. The molecule has 6 heteroatoms. The zero-order chi connectivity index (χ0) is 12.7. The number of amides is 1. The van der Waals surface area contributed by atoms with Gasteiger partial charge in [-0.3, -0.25) is 4.79 Å². The Morgan fingerprint density at radius 1 is 1.44 bits per heavy atom. The van der Waals surface area contributed by atoms with Crippen molar-refractivity contribution in [3.8, 4) is 17.0 Å². The number of aromatic nitrogens is 2. The van der Waals surface area contributed by atoms with E-state index < -0.39 is 5.95 Å². The van der Waals surface area contributed by atoms with E-state index in [2.05, 4.69) is 15.3 Å². The molecular formula is C12H10FN3O2. The second-order valence-electron chi connectivity index (χ2n) is 4.04. The number of aromatic amines is 1. The zero-order valence-electron chi connectivity index (χ0n) is 9.58. The van der Waals surface area contributed by atoms with Crippen molar-refractivity contribution in [2.45, 2.75) is 6.92 Å². The first-order valence-electron chi connectivity index (χ1n) is 5.42. The number of halogens is 1. The molecule has 1 aliphatic heterocycles. The van der Waals surface area contributed by atoms with Gasteiger partial charge in [0.15, 0.2) is 6.61 Å². The maximum absolute atomic E-state index is 13.5. The van der Waals surface area contributed by atoms with Gasteiger partial charge in [-0.25, -0.2) is 4.98 Å². The van der Waals surface area contributed by atoms with E-state index in [1.807, 2.05) is 0 Å².